The molecule has 1 saturated heterocycles. The minimum atomic E-state index is -0.114. The summed E-state index contributed by atoms with van der Waals surface area (Å²) >= 11 is 0. The second kappa shape index (κ2) is 8.02. The van der Waals surface area contributed by atoms with E-state index in [2.05, 4.69) is 39.0 Å². The van der Waals surface area contributed by atoms with Crippen LogP contribution in [-0.4, -0.2) is 50.9 Å². The zero-order valence-corrected chi connectivity index (χ0v) is 16.3. The number of aromatic nitrogens is 3. The summed E-state index contributed by atoms with van der Waals surface area (Å²) in [4.78, 5) is 28.3. The molecule has 144 valence electrons. The van der Waals surface area contributed by atoms with Crippen LogP contribution in [0.3, 0.4) is 0 Å². The van der Waals surface area contributed by atoms with Crippen molar-refractivity contribution < 1.29 is 4.79 Å². The summed E-state index contributed by atoms with van der Waals surface area (Å²) in [6.07, 6.45) is 8.94. The van der Waals surface area contributed by atoms with Gasteiger partial charge in [0.25, 0.3) is 5.91 Å². The number of nitrogens with zero attached hydrogens (tertiary/aromatic N) is 4. The number of amides is 1. The summed E-state index contributed by atoms with van der Waals surface area (Å²) in [5, 5.41) is 4.11. The van der Waals surface area contributed by atoms with Gasteiger partial charge in [-0.3, -0.25) is 14.8 Å². The van der Waals surface area contributed by atoms with Gasteiger partial charge in [-0.15, -0.1) is 0 Å². The van der Waals surface area contributed by atoms with E-state index in [1.807, 2.05) is 24.3 Å². The van der Waals surface area contributed by atoms with E-state index in [0.717, 1.165) is 48.0 Å². The van der Waals surface area contributed by atoms with E-state index in [4.69, 9.17) is 0 Å². The fourth-order valence-corrected chi connectivity index (χ4v) is 3.77. The summed E-state index contributed by atoms with van der Waals surface area (Å²) in [5.74, 6) is -0.114. The lowest BCUT2D eigenvalue weighted by atomic mass is 10.0. The first-order chi connectivity index (χ1) is 13.6. The van der Waals surface area contributed by atoms with E-state index in [0.29, 0.717) is 11.7 Å². The normalized spacial score (nSPS) is 15.8. The van der Waals surface area contributed by atoms with E-state index in [9.17, 15) is 4.79 Å². The number of rotatable bonds is 4. The van der Waals surface area contributed by atoms with Crippen molar-refractivity contribution in [3.05, 3.63) is 54.7 Å². The molecule has 0 atom stereocenters. The van der Waals surface area contributed by atoms with Crippen LogP contribution in [0.2, 0.25) is 0 Å². The van der Waals surface area contributed by atoms with Crippen LogP contribution in [-0.2, 0) is 0 Å². The van der Waals surface area contributed by atoms with Crippen molar-refractivity contribution in [2.24, 2.45) is 0 Å². The molecule has 1 aliphatic rings. The van der Waals surface area contributed by atoms with Crippen molar-refractivity contribution in [2.45, 2.75) is 38.8 Å². The summed E-state index contributed by atoms with van der Waals surface area (Å²) in [6.45, 7) is 6.46. The Labute approximate surface area is 165 Å². The molecule has 0 bridgehead atoms. The quantitative estimate of drug-likeness (QED) is 0.758. The maximum atomic E-state index is 12.9. The number of carbonyl (C=O) groups is 1. The molecule has 6 nitrogen and oxygen atoms in total. The first-order valence-corrected chi connectivity index (χ1v) is 9.82. The molecular weight excluding hydrogens is 350 g/mol. The van der Waals surface area contributed by atoms with Gasteiger partial charge in [-0.1, -0.05) is 0 Å². The first-order valence-electron chi connectivity index (χ1n) is 9.82. The van der Waals surface area contributed by atoms with Crippen molar-refractivity contribution in [3.63, 3.8) is 0 Å². The highest BCUT2D eigenvalue weighted by Crippen LogP contribution is 2.27. The largest absolute Gasteiger partial charge is 0.348 e. The number of carbonyl (C=O) groups excluding carboxylic acids is 1. The van der Waals surface area contributed by atoms with Gasteiger partial charge >= 0.3 is 0 Å². The third-order valence-electron chi connectivity index (χ3n) is 5.43. The molecule has 4 rings (SSSR count). The Morgan fingerprint density at radius 3 is 2.54 bits per heavy atom. The SMILES string of the molecule is CC(C)N1CCC(NC(=O)c2cc(-c3ccncc3)c3cnccc3n2)CC1. The van der Waals surface area contributed by atoms with E-state index in [-0.39, 0.29) is 11.9 Å². The van der Waals surface area contributed by atoms with Crippen LogP contribution in [0.25, 0.3) is 22.0 Å². The van der Waals surface area contributed by atoms with E-state index in [1.165, 1.54) is 0 Å². The summed E-state index contributed by atoms with van der Waals surface area (Å²) < 4.78 is 0. The van der Waals surface area contributed by atoms with Crippen LogP contribution in [0, 0.1) is 0 Å². The molecule has 6 heteroatoms. The molecular formula is C22H25N5O. The van der Waals surface area contributed by atoms with Crippen molar-refractivity contribution in [1.29, 1.82) is 0 Å². The number of hydrogen-bond donors (Lipinski definition) is 1. The van der Waals surface area contributed by atoms with Gasteiger partial charge in [-0.05, 0) is 62.1 Å². The molecule has 1 fully saturated rings. The number of pyridine rings is 3. The van der Waals surface area contributed by atoms with Gasteiger partial charge in [0.15, 0.2) is 0 Å². The molecule has 1 aliphatic heterocycles. The maximum Gasteiger partial charge on any atom is 0.270 e. The highest BCUT2D eigenvalue weighted by Gasteiger charge is 2.23. The molecule has 1 N–H and O–H groups in total. The van der Waals surface area contributed by atoms with Gasteiger partial charge in [0, 0.05) is 55.3 Å². The predicted molar refractivity (Wildman–Crippen MR) is 110 cm³/mol. The van der Waals surface area contributed by atoms with Crippen LogP contribution in [0.4, 0.5) is 0 Å². The summed E-state index contributed by atoms with van der Waals surface area (Å²) in [7, 11) is 0. The van der Waals surface area contributed by atoms with Crippen molar-refractivity contribution in [2.75, 3.05) is 13.1 Å². The summed E-state index contributed by atoms with van der Waals surface area (Å²) in [6, 6.07) is 8.32. The standard InChI is InChI=1S/C22H25N5O/c1-15(2)27-11-6-17(7-12-27)25-22(28)21-13-18(16-3-8-23-9-4-16)19-14-24-10-5-20(19)26-21/h3-5,8-10,13-15,17H,6-7,11-12H2,1-2H3,(H,25,28). The molecule has 0 saturated carbocycles. The highest BCUT2D eigenvalue weighted by atomic mass is 16.1. The molecule has 1 amide bonds. The van der Waals surface area contributed by atoms with Crippen molar-refractivity contribution >= 4 is 16.8 Å². The van der Waals surface area contributed by atoms with Crippen LogP contribution in [0.5, 0.6) is 0 Å². The lowest BCUT2D eigenvalue weighted by molar-refractivity contribution is 0.0896. The minimum absolute atomic E-state index is 0.114. The van der Waals surface area contributed by atoms with E-state index in [1.54, 1.807) is 24.8 Å². The van der Waals surface area contributed by atoms with Gasteiger partial charge in [0.1, 0.15) is 5.69 Å². The van der Waals surface area contributed by atoms with Crippen LogP contribution >= 0.6 is 0 Å². The van der Waals surface area contributed by atoms with Gasteiger partial charge < -0.3 is 10.2 Å². The third kappa shape index (κ3) is 3.87. The lowest BCUT2D eigenvalue weighted by Gasteiger charge is -2.34. The number of nitrogens with one attached hydrogen (secondary N) is 1. The highest BCUT2D eigenvalue weighted by molar-refractivity contribution is 6.01. The van der Waals surface area contributed by atoms with Crippen LogP contribution in [0.15, 0.2) is 49.1 Å². The molecule has 0 radical (unpaired) electrons. The zero-order chi connectivity index (χ0) is 19.5. The molecule has 4 heterocycles. The van der Waals surface area contributed by atoms with Gasteiger partial charge in [0.2, 0.25) is 0 Å². The molecule has 3 aromatic heterocycles. The molecule has 0 aromatic carbocycles. The van der Waals surface area contributed by atoms with Gasteiger partial charge in [-0.25, -0.2) is 4.98 Å². The number of piperidine rings is 1. The topological polar surface area (TPSA) is 71.0 Å². The monoisotopic (exact) mass is 375 g/mol. The van der Waals surface area contributed by atoms with Crippen molar-refractivity contribution in [3.8, 4) is 11.1 Å². The average molecular weight is 375 g/mol. The maximum absolute atomic E-state index is 12.9. The van der Waals surface area contributed by atoms with Gasteiger partial charge in [0.05, 0.1) is 5.52 Å². The molecule has 28 heavy (non-hydrogen) atoms. The third-order valence-corrected chi connectivity index (χ3v) is 5.43. The smallest absolute Gasteiger partial charge is 0.270 e. The second-order valence-corrected chi connectivity index (χ2v) is 7.56. The Hall–Kier alpha value is -2.86. The van der Waals surface area contributed by atoms with E-state index < -0.39 is 0 Å². The Morgan fingerprint density at radius 1 is 1.11 bits per heavy atom. The fraction of sp³-hybridized carbons (Fsp3) is 0.364. The molecule has 0 unspecified atom stereocenters. The van der Waals surface area contributed by atoms with Crippen molar-refractivity contribution in [1.82, 2.24) is 25.2 Å². The minimum Gasteiger partial charge on any atom is -0.348 e. The fourth-order valence-electron chi connectivity index (χ4n) is 3.77. The lowest BCUT2D eigenvalue weighted by Crippen LogP contribution is -2.46. The average Bonchev–Trinajstić information content (AvgIpc) is 2.74. The number of likely N-dealkylation sites (tertiary alicyclic amines) is 1. The first kappa shape index (κ1) is 18.5. The van der Waals surface area contributed by atoms with Gasteiger partial charge in [-0.2, -0.15) is 0 Å². The Kier molecular flexibility index (Phi) is 5.30. The summed E-state index contributed by atoms with van der Waals surface area (Å²) in [5.41, 5.74) is 3.15. The van der Waals surface area contributed by atoms with Crippen LogP contribution < -0.4 is 5.32 Å². The molecule has 0 spiro atoms. The molecule has 0 aliphatic carbocycles. The Bertz CT molecular complexity index is 965. The Morgan fingerprint density at radius 2 is 1.82 bits per heavy atom. The molecule has 3 aromatic rings. The predicted octanol–water partition coefficient (Wildman–Crippen LogP) is 3.29. The van der Waals surface area contributed by atoms with Crippen LogP contribution in [0.1, 0.15) is 37.2 Å². The number of hydrogen-bond acceptors (Lipinski definition) is 5. The van der Waals surface area contributed by atoms with E-state index >= 15 is 0 Å². The Balaban J connectivity index is 1.60. The second-order valence-electron chi connectivity index (χ2n) is 7.56. The number of fused-ring (bicyclic) bond motifs is 1. The zero-order valence-electron chi connectivity index (χ0n) is 16.3.